The summed E-state index contributed by atoms with van der Waals surface area (Å²) in [6.45, 7) is 2.61. The van der Waals surface area contributed by atoms with Crippen molar-refractivity contribution in [2.24, 2.45) is 0 Å². The van der Waals surface area contributed by atoms with Crippen molar-refractivity contribution in [3.05, 3.63) is 35.6 Å². The molecule has 1 aliphatic heterocycles. The summed E-state index contributed by atoms with van der Waals surface area (Å²) in [5.74, 6) is 1.48. The van der Waals surface area contributed by atoms with Crippen LogP contribution in [0.2, 0.25) is 0 Å². The third kappa shape index (κ3) is 2.74. The summed E-state index contributed by atoms with van der Waals surface area (Å²) in [4.78, 5) is 0. The molecule has 1 atom stereocenters. The van der Waals surface area contributed by atoms with Crippen LogP contribution in [0, 0.1) is 6.92 Å². The Kier molecular flexibility index (Phi) is 3.56. The Labute approximate surface area is 119 Å². The second-order valence-corrected chi connectivity index (χ2v) is 7.70. The Morgan fingerprint density at radius 2 is 2.15 bits per heavy atom. The molecule has 20 heavy (non-hydrogen) atoms. The topological polar surface area (TPSA) is 59.3 Å². The van der Waals surface area contributed by atoms with Crippen LogP contribution in [-0.2, 0) is 16.4 Å². The highest BCUT2D eigenvalue weighted by atomic mass is 32.2. The molecule has 1 saturated heterocycles. The van der Waals surface area contributed by atoms with E-state index in [1.807, 2.05) is 31.2 Å². The largest absolute Gasteiger partial charge is 0.461 e. The average molecular weight is 293 g/mol. The Bertz CT molecular complexity index is 718. The lowest BCUT2D eigenvalue weighted by Gasteiger charge is -2.23. The van der Waals surface area contributed by atoms with E-state index < -0.39 is 9.84 Å². The van der Waals surface area contributed by atoms with Crippen LogP contribution in [0.5, 0.6) is 0 Å². The van der Waals surface area contributed by atoms with Crippen LogP contribution in [0.3, 0.4) is 0 Å². The van der Waals surface area contributed by atoms with E-state index in [1.54, 1.807) is 0 Å². The van der Waals surface area contributed by atoms with Crippen LogP contribution in [-0.4, -0.2) is 26.0 Å². The van der Waals surface area contributed by atoms with Gasteiger partial charge in [0.1, 0.15) is 11.3 Å². The fourth-order valence-electron chi connectivity index (χ4n) is 2.87. The molecule has 5 heteroatoms. The van der Waals surface area contributed by atoms with E-state index in [1.165, 1.54) is 0 Å². The summed E-state index contributed by atoms with van der Waals surface area (Å²) < 4.78 is 29.0. The molecule has 108 valence electrons. The molecule has 0 saturated carbocycles. The number of hydrogen-bond donors (Lipinski definition) is 1. The van der Waals surface area contributed by atoms with Gasteiger partial charge in [0.15, 0.2) is 9.84 Å². The maximum atomic E-state index is 11.6. The minimum atomic E-state index is -2.86. The molecular formula is C15H19NO3S. The molecule has 1 fully saturated rings. The third-order valence-electron chi connectivity index (χ3n) is 3.93. The highest BCUT2D eigenvalue weighted by Crippen LogP contribution is 2.25. The van der Waals surface area contributed by atoms with Gasteiger partial charge in [-0.25, -0.2) is 8.42 Å². The monoisotopic (exact) mass is 293 g/mol. The molecule has 0 aliphatic carbocycles. The van der Waals surface area contributed by atoms with Gasteiger partial charge < -0.3 is 9.73 Å². The molecule has 4 nitrogen and oxygen atoms in total. The minimum absolute atomic E-state index is 0.0572. The van der Waals surface area contributed by atoms with E-state index in [9.17, 15) is 8.42 Å². The van der Waals surface area contributed by atoms with Gasteiger partial charge in [-0.1, -0.05) is 18.2 Å². The maximum Gasteiger partial charge on any atom is 0.151 e. The molecule has 1 aliphatic rings. The van der Waals surface area contributed by atoms with Gasteiger partial charge in [-0.3, -0.25) is 0 Å². The summed E-state index contributed by atoms with van der Waals surface area (Å²) in [7, 11) is -2.86. The second-order valence-electron chi connectivity index (χ2n) is 5.47. The Hall–Kier alpha value is -1.33. The maximum absolute atomic E-state index is 11.6. The molecule has 1 aromatic heterocycles. The molecule has 0 radical (unpaired) electrons. The van der Waals surface area contributed by atoms with Crippen molar-refractivity contribution in [2.75, 3.05) is 11.5 Å². The van der Waals surface area contributed by atoms with E-state index in [2.05, 4.69) is 5.32 Å². The van der Waals surface area contributed by atoms with Crippen LogP contribution < -0.4 is 5.32 Å². The minimum Gasteiger partial charge on any atom is -0.461 e. The molecule has 1 N–H and O–H groups in total. The number of fused-ring (bicyclic) bond motifs is 1. The SMILES string of the molecule is Cc1oc2ccccc2c1CNC1CCCS(=O)(=O)C1. The van der Waals surface area contributed by atoms with Crippen LogP contribution >= 0.6 is 0 Å². The summed E-state index contributed by atoms with van der Waals surface area (Å²) in [5.41, 5.74) is 2.02. The number of para-hydroxylation sites is 1. The molecule has 0 amide bonds. The standard InChI is InChI=1S/C15H19NO3S/c1-11-14(13-6-2-3-7-15(13)19-11)9-16-12-5-4-8-20(17,18)10-12/h2-3,6-7,12,16H,4-5,8-10H2,1H3. The highest BCUT2D eigenvalue weighted by molar-refractivity contribution is 7.91. The zero-order valence-corrected chi connectivity index (χ0v) is 12.4. The van der Waals surface area contributed by atoms with Gasteiger partial charge in [-0.05, 0) is 25.8 Å². The van der Waals surface area contributed by atoms with Crippen LogP contribution in [0.1, 0.15) is 24.2 Å². The average Bonchev–Trinajstić information content (AvgIpc) is 2.71. The van der Waals surface area contributed by atoms with Gasteiger partial charge in [-0.15, -0.1) is 0 Å². The highest BCUT2D eigenvalue weighted by Gasteiger charge is 2.24. The molecule has 3 rings (SSSR count). The van der Waals surface area contributed by atoms with Crippen molar-refractivity contribution in [2.45, 2.75) is 32.4 Å². The molecular weight excluding hydrogens is 274 g/mol. The van der Waals surface area contributed by atoms with E-state index in [0.717, 1.165) is 35.1 Å². The van der Waals surface area contributed by atoms with E-state index in [-0.39, 0.29) is 11.8 Å². The Morgan fingerprint density at radius 1 is 1.35 bits per heavy atom. The van der Waals surface area contributed by atoms with Crippen LogP contribution in [0.25, 0.3) is 11.0 Å². The lowest BCUT2D eigenvalue weighted by atomic mass is 10.1. The number of sulfone groups is 1. The Balaban J connectivity index is 1.75. The number of furan rings is 1. The quantitative estimate of drug-likeness (QED) is 0.944. The summed E-state index contributed by atoms with van der Waals surface area (Å²) in [5, 5.41) is 4.48. The zero-order valence-electron chi connectivity index (χ0n) is 11.6. The molecule has 1 unspecified atom stereocenters. The number of hydrogen-bond acceptors (Lipinski definition) is 4. The summed E-state index contributed by atoms with van der Waals surface area (Å²) >= 11 is 0. The van der Waals surface area contributed by atoms with Gasteiger partial charge in [-0.2, -0.15) is 0 Å². The van der Waals surface area contributed by atoms with E-state index in [4.69, 9.17) is 4.42 Å². The summed E-state index contributed by atoms with van der Waals surface area (Å²) in [6, 6.07) is 8.00. The predicted octanol–water partition coefficient (Wildman–Crippen LogP) is 2.41. The van der Waals surface area contributed by atoms with Crippen molar-refractivity contribution in [1.82, 2.24) is 5.32 Å². The zero-order chi connectivity index (χ0) is 14.2. The lowest BCUT2D eigenvalue weighted by Crippen LogP contribution is -2.39. The number of benzene rings is 1. The van der Waals surface area contributed by atoms with Gasteiger partial charge >= 0.3 is 0 Å². The van der Waals surface area contributed by atoms with Crippen molar-refractivity contribution in [1.29, 1.82) is 0 Å². The fraction of sp³-hybridized carbons (Fsp3) is 0.467. The van der Waals surface area contributed by atoms with E-state index in [0.29, 0.717) is 12.3 Å². The number of aryl methyl sites for hydroxylation is 1. The van der Waals surface area contributed by atoms with Crippen LogP contribution in [0.4, 0.5) is 0 Å². The van der Waals surface area contributed by atoms with Gasteiger partial charge in [0, 0.05) is 23.5 Å². The van der Waals surface area contributed by atoms with Crippen molar-refractivity contribution in [3.63, 3.8) is 0 Å². The van der Waals surface area contributed by atoms with Gasteiger partial charge in [0.2, 0.25) is 0 Å². The second kappa shape index (κ2) is 5.22. The first-order chi connectivity index (χ1) is 9.55. The molecule has 1 aromatic carbocycles. The number of nitrogens with one attached hydrogen (secondary N) is 1. The third-order valence-corrected chi connectivity index (χ3v) is 5.75. The predicted molar refractivity (Wildman–Crippen MR) is 79.5 cm³/mol. The first kappa shape index (κ1) is 13.6. The van der Waals surface area contributed by atoms with Gasteiger partial charge in [0.05, 0.1) is 11.5 Å². The Morgan fingerprint density at radius 3 is 2.95 bits per heavy atom. The molecule has 0 bridgehead atoms. The lowest BCUT2D eigenvalue weighted by molar-refractivity contribution is 0.476. The summed E-state index contributed by atoms with van der Waals surface area (Å²) in [6.07, 6.45) is 1.68. The normalized spacial score (nSPS) is 22.1. The molecule has 2 aromatic rings. The van der Waals surface area contributed by atoms with E-state index >= 15 is 0 Å². The molecule has 0 spiro atoms. The first-order valence-corrected chi connectivity index (χ1v) is 8.78. The first-order valence-electron chi connectivity index (χ1n) is 6.96. The van der Waals surface area contributed by atoms with Crippen molar-refractivity contribution >= 4 is 20.8 Å². The van der Waals surface area contributed by atoms with Crippen molar-refractivity contribution in [3.8, 4) is 0 Å². The van der Waals surface area contributed by atoms with Gasteiger partial charge in [0.25, 0.3) is 0 Å². The number of rotatable bonds is 3. The van der Waals surface area contributed by atoms with Crippen molar-refractivity contribution < 1.29 is 12.8 Å². The van der Waals surface area contributed by atoms with Crippen LogP contribution in [0.15, 0.2) is 28.7 Å². The smallest absolute Gasteiger partial charge is 0.151 e. The fourth-order valence-corrected chi connectivity index (χ4v) is 4.54. The molecule has 2 heterocycles.